The average molecular weight is 619 g/mol. The predicted octanol–water partition coefficient (Wildman–Crippen LogP) is 8.69. The van der Waals surface area contributed by atoms with Crippen molar-refractivity contribution < 1.29 is 9.18 Å². The molecule has 0 unspecified atom stereocenters. The number of piperidine rings is 1. The zero-order chi connectivity index (χ0) is 29.3. The van der Waals surface area contributed by atoms with E-state index in [9.17, 15) is 9.18 Å². The minimum atomic E-state index is -0.245. The van der Waals surface area contributed by atoms with Crippen LogP contribution < -0.4 is 4.90 Å². The molecule has 4 aromatic rings. The van der Waals surface area contributed by atoms with Crippen molar-refractivity contribution >= 4 is 52.6 Å². The molecular formula is C34H30Cl2FN3OS. The second-order valence-electron chi connectivity index (χ2n) is 11.0. The van der Waals surface area contributed by atoms with Crippen LogP contribution in [0.15, 0.2) is 94.9 Å². The number of anilines is 1. The van der Waals surface area contributed by atoms with E-state index in [-0.39, 0.29) is 17.1 Å². The maximum absolute atomic E-state index is 13.8. The number of likely N-dealkylation sites (tertiary alicyclic amines) is 1. The fourth-order valence-corrected chi connectivity index (χ4v) is 7.25. The highest BCUT2D eigenvalue weighted by Crippen LogP contribution is 2.49. The van der Waals surface area contributed by atoms with Crippen LogP contribution in [-0.2, 0) is 5.41 Å². The van der Waals surface area contributed by atoms with E-state index in [1.165, 1.54) is 17.7 Å². The zero-order valence-electron chi connectivity index (χ0n) is 23.2. The second kappa shape index (κ2) is 12.2. The summed E-state index contributed by atoms with van der Waals surface area (Å²) in [4.78, 5) is 24.5. The van der Waals surface area contributed by atoms with Gasteiger partial charge in [-0.2, -0.15) is 0 Å². The average Bonchev–Trinajstić information content (AvgIpc) is 3.29. The number of hydrogen-bond acceptors (Lipinski definition) is 4. The monoisotopic (exact) mass is 617 g/mol. The number of carbonyl (C=O) groups is 1. The highest BCUT2D eigenvalue weighted by atomic mass is 35.5. The Morgan fingerprint density at radius 2 is 1.76 bits per heavy atom. The zero-order valence-corrected chi connectivity index (χ0v) is 25.5. The molecule has 3 heterocycles. The Labute approximate surface area is 260 Å². The van der Waals surface area contributed by atoms with E-state index in [1.54, 1.807) is 42.2 Å². The van der Waals surface area contributed by atoms with Gasteiger partial charge in [-0.15, -0.1) is 0 Å². The van der Waals surface area contributed by atoms with Crippen molar-refractivity contribution in [2.75, 3.05) is 31.1 Å². The van der Waals surface area contributed by atoms with Crippen molar-refractivity contribution in [3.05, 3.63) is 123 Å². The largest absolute Gasteiger partial charge is 0.307 e. The number of rotatable bonds is 6. The maximum atomic E-state index is 13.8. The fourth-order valence-electron chi connectivity index (χ4n) is 5.92. The molecule has 0 N–H and O–H groups in total. The molecule has 3 aromatic carbocycles. The Kier molecular flexibility index (Phi) is 8.42. The molecule has 6 rings (SSSR count). The normalized spacial score (nSPS) is 16.3. The van der Waals surface area contributed by atoms with E-state index >= 15 is 0 Å². The Morgan fingerprint density at radius 1 is 1.00 bits per heavy atom. The number of benzene rings is 3. The third-order valence-corrected chi connectivity index (χ3v) is 9.73. The second-order valence-corrected chi connectivity index (χ2v) is 13.0. The molecular weight excluding hydrogens is 588 g/mol. The van der Waals surface area contributed by atoms with Gasteiger partial charge in [0.05, 0.1) is 0 Å². The summed E-state index contributed by atoms with van der Waals surface area (Å²) in [6, 6.07) is 22.1. The lowest BCUT2D eigenvalue weighted by atomic mass is 9.74. The quantitative estimate of drug-likeness (QED) is 0.217. The molecule has 1 fully saturated rings. The topological polar surface area (TPSA) is 36.4 Å². The molecule has 1 aromatic heterocycles. The van der Waals surface area contributed by atoms with Gasteiger partial charge in [-0.05, 0) is 111 Å². The Bertz CT molecular complexity index is 1650. The van der Waals surface area contributed by atoms with E-state index in [0.717, 1.165) is 59.2 Å². The first kappa shape index (κ1) is 28.9. The van der Waals surface area contributed by atoms with Gasteiger partial charge < -0.3 is 4.90 Å². The number of halogens is 3. The molecule has 1 amide bonds. The van der Waals surface area contributed by atoms with Crippen LogP contribution in [0, 0.1) is 12.7 Å². The van der Waals surface area contributed by atoms with Crippen molar-refractivity contribution in [3.63, 3.8) is 0 Å². The number of hydrogen-bond donors (Lipinski definition) is 0. The van der Waals surface area contributed by atoms with Gasteiger partial charge >= 0.3 is 0 Å². The molecule has 2 aliphatic rings. The molecule has 0 radical (unpaired) electrons. The van der Waals surface area contributed by atoms with Crippen LogP contribution in [0.2, 0.25) is 10.0 Å². The van der Waals surface area contributed by atoms with Gasteiger partial charge in [0.2, 0.25) is 0 Å². The molecule has 0 bridgehead atoms. The van der Waals surface area contributed by atoms with Gasteiger partial charge in [0.1, 0.15) is 5.82 Å². The van der Waals surface area contributed by atoms with Crippen molar-refractivity contribution in [1.29, 1.82) is 0 Å². The summed E-state index contributed by atoms with van der Waals surface area (Å²) in [7, 11) is 0. The highest BCUT2D eigenvalue weighted by molar-refractivity contribution is 7.99. The molecule has 0 saturated carbocycles. The first-order chi connectivity index (χ1) is 20.3. The number of carbonyl (C=O) groups excluding carboxylic acids is 1. The van der Waals surface area contributed by atoms with Crippen LogP contribution >= 0.6 is 35.0 Å². The molecule has 214 valence electrons. The SMILES string of the molecule is Cc1cc(C(=O)N2CC3(CCN(CC=Cc4ccc(Cl)cc4Cl)CC3)c3cc(Sc4ccc(F)cc4)ccc32)ccn1. The van der Waals surface area contributed by atoms with E-state index in [0.29, 0.717) is 22.2 Å². The molecule has 8 heteroatoms. The van der Waals surface area contributed by atoms with E-state index in [1.807, 2.05) is 36.1 Å². The number of aromatic nitrogens is 1. The summed E-state index contributed by atoms with van der Waals surface area (Å²) in [6.45, 7) is 5.21. The standard InChI is InChI=1S/C34H30Cl2FN3OS/c1-23-19-25(12-15-38-23)33(41)40-22-34(30-21-29(10-11-32(30)40)42-28-8-6-27(37)7-9-28)13-17-39(18-14-34)16-2-3-24-4-5-26(35)20-31(24)36/h2-12,15,19-21H,13-14,16-18,22H2,1H3. The van der Waals surface area contributed by atoms with Crippen LogP contribution in [-0.4, -0.2) is 42.0 Å². The molecule has 2 aliphatic heterocycles. The van der Waals surface area contributed by atoms with Gasteiger partial charge in [-0.1, -0.05) is 53.2 Å². The first-order valence-electron chi connectivity index (χ1n) is 14.0. The molecule has 1 saturated heterocycles. The number of amides is 1. The highest BCUT2D eigenvalue weighted by Gasteiger charge is 2.46. The predicted molar refractivity (Wildman–Crippen MR) is 170 cm³/mol. The van der Waals surface area contributed by atoms with E-state index in [4.69, 9.17) is 23.2 Å². The van der Waals surface area contributed by atoms with Crippen LogP contribution in [0.1, 0.15) is 40.0 Å². The van der Waals surface area contributed by atoms with Gasteiger partial charge in [0.15, 0.2) is 0 Å². The minimum absolute atomic E-state index is 0.00256. The molecule has 4 nitrogen and oxygen atoms in total. The molecule has 0 aliphatic carbocycles. The summed E-state index contributed by atoms with van der Waals surface area (Å²) < 4.78 is 13.5. The Balaban J connectivity index is 1.24. The van der Waals surface area contributed by atoms with E-state index < -0.39 is 0 Å². The van der Waals surface area contributed by atoms with Crippen LogP contribution in [0.5, 0.6) is 0 Å². The number of nitrogens with zero attached hydrogens (tertiary/aromatic N) is 3. The van der Waals surface area contributed by atoms with Gasteiger partial charge in [-0.3, -0.25) is 14.7 Å². The van der Waals surface area contributed by atoms with Gasteiger partial charge in [0.25, 0.3) is 5.91 Å². The van der Waals surface area contributed by atoms with Gasteiger partial charge in [0, 0.05) is 61.5 Å². The summed E-state index contributed by atoms with van der Waals surface area (Å²) >= 11 is 14.0. The summed E-state index contributed by atoms with van der Waals surface area (Å²) in [5.41, 5.74) is 4.49. The van der Waals surface area contributed by atoms with Crippen molar-refractivity contribution in [2.45, 2.75) is 35.0 Å². The third kappa shape index (κ3) is 6.13. The van der Waals surface area contributed by atoms with Crippen molar-refractivity contribution in [2.24, 2.45) is 0 Å². The fraction of sp³-hybridized carbons (Fsp3) is 0.235. The Hall–Kier alpha value is -3.16. The smallest absolute Gasteiger partial charge is 0.258 e. The Morgan fingerprint density at radius 3 is 2.50 bits per heavy atom. The summed E-state index contributed by atoms with van der Waals surface area (Å²) in [6.07, 6.45) is 7.78. The summed E-state index contributed by atoms with van der Waals surface area (Å²) in [5, 5.41) is 1.27. The number of fused-ring (bicyclic) bond motifs is 2. The number of aryl methyl sites for hydroxylation is 1. The molecule has 1 spiro atoms. The summed E-state index contributed by atoms with van der Waals surface area (Å²) in [5.74, 6) is -0.242. The van der Waals surface area contributed by atoms with Gasteiger partial charge in [-0.25, -0.2) is 4.39 Å². The minimum Gasteiger partial charge on any atom is -0.307 e. The molecule has 42 heavy (non-hydrogen) atoms. The lowest BCUT2D eigenvalue weighted by Gasteiger charge is -2.39. The number of pyridine rings is 1. The maximum Gasteiger partial charge on any atom is 0.258 e. The van der Waals surface area contributed by atoms with Crippen LogP contribution in [0.25, 0.3) is 6.08 Å². The van der Waals surface area contributed by atoms with Crippen LogP contribution in [0.3, 0.4) is 0 Å². The third-order valence-electron chi connectivity index (χ3n) is 8.17. The first-order valence-corrected chi connectivity index (χ1v) is 15.5. The molecule has 0 atom stereocenters. The van der Waals surface area contributed by atoms with Crippen LogP contribution in [0.4, 0.5) is 10.1 Å². The lowest BCUT2D eigenvalue weighted by molar-refractivity contribution is 0.0977. The lowest BCUT2D eigenvalue weighted by Crippen LogP contribution is -2.46. The van der Waals surface area contributed by atoms with E-state index in [2.05, 4.69) is 34.2 Å². The van der Waals surface area contributed by atoms with Crippen molar-refractivity contribution in [3.8, 4) is 0 Å². The van der Waals surface area contributed by atoms with Crippen molar-refractivity contribution in [1.82, 2.24) is 9.88 Å².